The number of carbonyl (C=O) groups excluding carboxylic acids is 1. The summed E-state index contributed by atoms with van der Waals surface area (Å²) in [6.45, 7) is 1.83. The van der Waals surface area contributed by atoms with Crippen LogP contribution in [0, 0.1) is 5.92 Å². The Morgan fingerprint density at radius 2 is 2.15 bits per heavy atom. The highest BCUT2D eigenvalue weighted by atomic mass is 16.4. The number of carboxylic acids is 1. The smallest absolute Gasteiger partial charge is 0.352 e. The molecule has 1 saturated carbocycles. The summed E-state index contributed by atoms with van der Waals surface area (Å²) < 4.78 is 0. The lowest BCUT2D eigenvalue weighted by atomic mass is 10.3. The first-order valence-electron chi connectivity index (χ1n) is 4.39. The SMILES string of the molecule is CC/C=C(\NC(=O)C1CC1)C(=O)O. The number of hydrogen-bond donors (Lipinski definition) is 2. The molecular weight excluding hydrogens is 170 g/mol. The van der Waals surface area contributed by atoms with E-state index in [1.807, 2.05) is 6.92 Å². The summed E-state index contributed by atoms with van der Waals surface area (Å²) in [6, 6.07) is 0. The number of nitrogens with one attached hydrogen (secondary N) is 1. The van der Waals surface area contributed by atoms with Gasteiger partial charge in [-0.1, -0.05) is 13.0 Å². The van der Waals surface area contributed by atoms with Gasteiger partial charge in [-0.05, 0) is 19.3 Å². The van der Waals surface area contributed by atoms with Gasteiger partial charge in [-0.2, -0.15) is 0 Å². The van der Waals surface area contributed by atoms with E-state index in [9.17, 15) is 9.59 Å². The molecule has 4 heteroatoms. The lowest BCUT2D eigenvalue weighted by molar-refractivity contribution is -0.134. The molecule has 0 spiro atoms. The van der Waals surface area contributed by atoms with E-state index in [-0.39, 0.29) is 17.5 Å². The zero-order valence-electron chi connectivity index (χ0n) is 7.54. The van der Waals surface area contributed by atoms with E-state index in [0.29, 0.717) is 6.42 Å². The minimum Gasteiger partial charge on any atom is -0.477 e. The first kappa shape index (κ1) is 9.77. The average Bonchev–Trinajstić information content (AvgIpc) is 2.85. The highest BCUT2D eigenvalue weighted by molar-refractivity contribution is 5.93. The van der Waals surface area contributed by atoms with Crippen LogP contribution in [0.1, 0.15) is 26.2 Å². The van der Waals surface area contributed by atoms with Gasteiger partial charge in [-0.25, -0.2) is 4.79 Å². The summed E-state index contributed by atoms with van der Waals surface area (Å²) in [4.78, 5) is 21.8. The molecule has 2 N–H and O–H groups in total. The Labute approximate surface area is 76.6 Å². The monoisotopic (exact) mass is 183 g/mol. The summed E-state index contributed by atoms with van der Waals surface area (Å²) >= 11 is 0. The summed E-state index contributed by atoms with van der Waals surface area (Å²) in [7, 11) is 0. The van der Waals surface area contributed by atoms with Crippen molar-refractivity contribution in [2.75, 3.05) is 0 Å². The minimum absolute atomic E-state index is 0.000556. The second kappa shape index (κ2) is 4.07. The van der Waals surface area contributed by atoms with Gasteiger partial charge in [0.05, 0.1) is 0 Å². The Kier molecular flexibility index (Phi) is 3.06. The Morgan fingerprint density at radius 3 is 2.54 bits per heavy atom. The van der Waals surface area contributed by atoms with Gasteiger partial charge in [0.15, 0.2) is 0 Å². The molecule has 0 bridgehead atoms. The van der Waals surface area contributed by atoms with Crippen molar-refractivity contribution in [3.05, 3.63) is 11.8 Å². The molecule has 0 atom stereocenters. The fourth-order valence-corrected chi connectivity index (χ4v) is 0.976. The van der Waals surface area contributed by atoms with Crippen LogP contribution in [-0.2, 0) is 9.59 Å². The van der Waals surface area contributed by atoms with Crippen molar-refractivity contribution in [1.82, 2.24) is 5.32 Å². The maximum Gasteiger partial charge on any atom is 0.352 e. The molecule has 0 heterocycles. The van der Waals surface area contributed by atoms with E-state index in [2.05, 4.69) is 5.32 Å². The van der Waals surface area contributed by atoms with Crippen molar-refractivity contribution in [1.29, 1.82) is 0 Å². The predicted molar refractivity (Wildman–Crippen MR) is 46.9 cm³/mol. The quantitative estimate of drug-likeness (QED) is 0.636. The third kappa shape index (κ3) is 2.89. The molecule has 0 radical (unpaired) electrons. The van der Waals surface area contributed by atoms with Gasteiger partial charge in [-0.3, -0.25) is 4.79 Å². The highest BCUT2D eigenvalue weighted by Crippen LogP contribution is 2.28. The molecule has 0 aromatic carbocycles. The van der Waals surface area contributed by atoms with Crippen molar-refractivity contribution in [2.45, 2.75) is 26.2 Å². The number of carboxylic acid groups (broad SMARTS) is 1. The summed E-state index contributed by atoms with van der Waals surface area (Å²) in [6.07, 6.45) is 3.87. The lowest BCUT2D eigenvalue weighted by Gasteiger charge is -2.03. The standard InChI is InChI=1S/C9H13NO3/c1-2-3-7(9(12)13)10-8(11)6-4-5-6/h3,6H,2,4-5H2,1H3,(H,10,11)(H,12,13)/b7-3-. The second-order valence-electron chi connectivity index (χ2n) is 3.09. The predicted octanol–water partition coefficient (Wildman–Crippen LogP) is 0.891. The largest absolute Gasteiger partial charge is 0.477 e. The molecule has 1 aliphatic rings. The zero-order chi connectivity index (χ0) is 9.84. The molecule has 1 fully saturated rings. The van der Waals surface area contributed by atoms with Gasteiger partial charge < -0.3 is 10.4 Å². The topological polar surface area (TPSA) is 66.4 Å². The first-order chi connectivity index (χ1) is 6.15. The van der Waals surface area contributed by atoms with Gasteiger partial charge in [0, 0.05) is 5.92 Å². The van der Waals surface area contributed by atoms with Gasteiger partial charge in [0.1, 0.15) is 5.70 Å². The fourth-order valence-electron chi connectivity index (χ4n) is 0.976. The Hall–Kier alpha value is -1.32. The molecule has 13 heavy (non-hydrogen) atoms. The molecular formula is C9H13NO3. The van der Waals surface area contributed by atoms with Crippen molar-refractivity contribution < 1.29 is 14.7 Å². The number of aliphatic carboxylic acids is 1. The van der Waals surface area contributed by atoms with Crippen LogP contribution in [0.3, 0.4) is 0 Å². The van der Waals surface area contributed by atoms with Crippen LogP contribution in [0.15, 0.2) is 11.8 Å². The molecule has 0 saturated heterocycles. The van der Waals surface area contributed by atoms with Gasteiger partial charge in [0.2, 0.25) is 5.91 Å². The molecule has 4 nitrogen and oxygen atoms in total. The van der Waals surface area contributed by atoms with Crippen LogP contribution in [0.2, 0.25) is 0 Å². The number of carbonyl (C=O) groups is 2. The molecule has 72 valence electrons. The summed E-state index contributed by atoms with van der Waals surface area (Å²) in [5, 5.41) is 11.1. The van der Waals surface area contributed by atoms with E-state index >= 15 is 0 Å². The Balaban J connectivity index is 2.51. The van der Waals surface area contributed by atoms with Crippen LogP contribution in [0.5, 0.6) is 0 Å². The average molecular weight is 183 g/mol. The number of hydrogen-bond acceptors (Lipinski definition) is 2. The van der Waals surface area contributed by atoms with Crippen molar-refractivity contribution in [3.63, 3.8) is 0 Å². The van der Waals surface area contributed by atoms with Crippen LogP contribution >= 0.6 is 0 Å². The van der Waals surface area contributed by atoms with Gasteiger partial charge in [0.25, 0.3) is 0 Å². The molecule has 1 rings (SSSR count). The molecule has 0 aliphatic heterocycles. The van der Waals surface area contributed by atoms with E-state index in [1.54, 1.807) is 0 Å². The van der Waals surface area contributed by atoms with E-state index in [0.717, 1.165) is 12.8 Å². The first-order valence-corrected chi connectivity index (χ1v) is 4.39. The lowest BCUT2D eigenvalue weighted by Crippen LogP contribution is -2.28. The van der Waals surface area contributed by atoms with Crippen molar-refractivity contribution in [3.8, 4) is 0 Å². The van der Waals surface area contributed by atoms with Gasteiger partial charge in [-0.15, -0.1) is 0 Å². The van der Waals surface area contributed by atoms with Gasteiger partial charge >= 0.3 is 5.97 Å². The van der Waals surface area contributed by atoms with Crippen LogP contribution in [0.4, 0.5) is 0 Å². The number of rotatable bonds is 4. The molecule has 0 aromatic heterocycles. The van der Waals surface area contributed by atoms with Crippen LogP contribution < -0.4 is 5.32 Å². The van der Waals surface area contributed by atoms with E-state index < -0.39 is 5.97 Å². The Morgan fingerprint density at radius 1 is 1.54 bits per heavy atom. The summed E-state index contributed by atoms with van der Waals surface area (Å²) in [5.74, 6) is -1.20. The maximum absolute atomic E-state index is 11.2. The van der Waals surface area contributed by atoms with Crippen LogP contribution in [-0.4, -0.2) is 17.0 Å². The zero-order valence-corrected chi connectivity index (χ0v) is 7.54. The second-order valence-corrected chi connectivity index (χ2v) is 3.09. The van der Waals surface area contributed by atoms with Crippen molar-refractivity contribution in [2.24, 2.45) is 5.92 Å². The van der Waals surface area contributed by atoms with Crippen LogP contribution in [0.25, 0.3) is 0 Å². The molecule has 0 unspecified atom stereocenters. The third-order valence-electron chi connectivity index (χ3n) is 1.84. The fraction of sp³-hybridized carbons (Fsp3) is 0.556. The molecule has 0 aromatic rings. The molecule has 1 aliphatic carbocycles. The normalized spacial score (nSPS) is 16.8. The third-order valence-corrected chi connectivity index (χ3v) is 1.84. The summed E-state index contributed by atoms with van der Waals surface area (Å²) in [5.41, 5.74) is -0.000556. The van der Waals surface area contributed by atoms with E-state index in [1.165, 1.54) is 6.08 Å². The van der Waals surface area contributed by atoms with Crippen molar-refractivity contribution >= 4 is 11.9 Å². The number of allylic oxidation sites excluding steroid dienone is 1. The Bertz CT molecular complexity index is 254. The highest BCUT2D eigenvalue weighted by Gasteiger charge is 2.30. The minimum atomic E-state index is -1.07. The maximum atomic E-state index is 11.2. The molecule has 1 amide bonds. The van der Waals surface area contributed by atoms with E-state index in [4.69, 9.17) is 5.11 Å². The number of amides is 1.